The van der Waals surface area contributed by atoms with Crippen molar-refractivity contribution in [2.75, 3.05) is 7.11 Å². The molecular weight excluding hydrogens is 216 g/mol. The summed E-state index contributed by atoms with van der Waals surface area (Å²) in [6, 6.07) is 7.49. The molecular formula is C14H16O3. The van der Waals surface area contributed by atoms with E-state index in [1.54, 1.807) is 0 Å². The van der Waals surface area contributed by atoms with Crippen molar-refractivity contribution >= 4 is 5.97 Å². The van der Waals surface area contributed by atoms with Crippen LogP contribution in [0.5, 0.6) is 0 Å². The quantitative estimate of drug-likeness (QED) is 0.640. The number of methoxy groups -OCH3 is 1. The Morgan fingerprint density at radius 2 is 1.88 bits per heavy atom. The minimum absolute atomic E-state index is 0.0176. The van der Waals surface area contributed by atoms with Crippen LogP contribution in [-0.2, 0) is 21.6 Å². The molecule has 0 atom stereocenters. The topological polar surface area (TPSA) is 46.5 Å². The van der Waals surface area contributed by atoms with E-state index in [4.69, 9.17) is 9.84 Å². The Morgan fingerprint density at radius 1 is 1.29 bits per heavy atom. The van der Waals surface area contributed by atoms with Crippen molar-refractivity contribution in [3.05, 3.63) is 47.5 Å². The fourth-order valence-corrected chi connectivity index (χ4v) is 2.30. The predicted octanol–water partition coefficient (Wildman–Crippen LogP) is 1.94. The number of carbonyl (C=O) groups is 1. The molecule has 1 aliphatic rings. The van der Waals surface area contributed by atoms with E-state index in [2.05, 4.69) is 0 Å². The summed E-state index contributed by atoms with van der Waals surface area (Å²) in [7, 11) is 1.42. The third kappa shape index (κ3) is 1.98. The van der Waals surface area contributed by atoms with Gasteiger partial charge in [0.25, 0.3) is 0 Å². The molecule has 0 aromatic heterocycles. The molecule has 17 heavy (non-hydrogen) atoms. The molecule has 90 valence electrons. The summed E-state index contributed by atoms with van der Waals surface area (Å²) in [6.07, 6.45) is 5.38. The van der Waals surface area contributed by atoms with Crippen molar-refractivity contribution < 1.29 is 14.6 Å². The van der Waals surface area contributed by atoms with E-state index < -0.39 is 5.41 Å². The minimum Gasteiger partial charge on any atom is -0.468 e. The molecule has 0 saturated heterocycles. The molecule has 1 N–H and O–H groups in total. The van der Waals surface area contributed by atoms with E-state index in [9.17, 15) is 4.79 Å². The largest absolute Gasteiger partial charge is 0.468 e. The number of aliphatic hydroxyl groups excluding tert-OH is 1. The molecule has 3 nitrogen and oxygen atoms in total. The van der Waals surface area contributed by atoms with Gasteiger partial charge >= 0.3 is 5.97 Å². The van der Waals surface area contributed by atoms with Gasteiger partial charge in [-0.15, -0.1) is 0 Å². The lowest BCUT2D eigenvalue weighted by Gasteiger charge is -2.26. The molecule has 3 heteroatoms. The lowest BCUT2D eigenvalue weighted by molar-refractivity contribution is -0.147. The zero-order valence-corrected chi connectivity index (χ0v) is 9.85. The van der Waals surface area contributed by atoms with Crippen LogP contribution in [0.4, 0.5) is 0 Å². The van der Waals surface area contributed by atoms with E-state index in [1.165, 1.54) is 7.11 Å². The van der Waals surface area contributed by atoms with E-state index in [0.717, 1.165) is 11.1 Å². The van der Waals surface area contributed by atoms with Crippen LogP contribution in [0.25, 0.3) is 0 Å². The predicted molar refractivity (Wildman–Crippen MR) is 64.4 cm³/mol. The summed E-state index contributed by atoms with van der Waals surface area (Å²) in [4.78, 5) is 12.0. The monoisotopic (exact) mass is 232 g/mol. The standard InChI is InChI=1S/C14H16O3/c1-17-13(16)14(8-2-3-9-14)12-6-4-11(10-15)5-7-12/h2-7,15H,8-10H2,1H3. The Balaban J connectivity index is 2.36. The van der Waals surface area contributed by atoms with Gasteiger partial charge in [-0.1, -0.05) is 36.4 Å². The van der Waals surface area contributed by atoms with Gasteiger partial charge in [0.15, 0.2) is 0 Å². The Labute approximate surface area is 101 Å². The lowest BCUT2D eigenvalue weighted by atomic mass is 9.78. The lowest BCUT2D eigenvalue weighted by Crippen LogP contribution is -2.34. The van der Waals surface area contributed by atoms with Gasteiger partial charge in [0, 0.05) is 0 Å². The first-order valence-corrected chi connectivity index (χ1v) is 5.66. The first kappa shape index (κ1) is 11.9. The molecule has 0 bridgehead atoms. The van der Waals surface area contributed by atoms with E-state index in [-0.39, 0.29) is 12.6 Å². The van der Waals surface area contributed by atoms with Gasteiger partial charge in [0.05, 0.1) is 19.1 Å². The maximum Gasteiger partial charge on any atom is 0.316 e. The van der Waals surface area contributed by atoms with Crippen molar-refractivity contribution in [1.82, 2.24) is 0 Å². The third-order valence-electron chi connectivity index (χ3n) is 3.36. The van der Waals surface area contributed by atoms with Gasteiger partial charge in [-0.3, -0.25) is 4.79 Å². The van der Waals surface area contributed by atoms with Crippen LogP contribution >= 0.6 is 0 Å². The summed E-state index contributed by atoms with van der Waals surface area (Å²) in [5.74, 6) is -0.195. The maximum absolute atomic E-state index is 12.0. The molecule has 0 radical (unpaired) electrons. The van der Waals surface area contributed by atoms with Crippen LogP contribution in [-0.4, -0.2) is 18.2 Å². The highest BCUT2D eigenvalue weighted by atomic mass is 16.5. The smallest absolute Gasteiger partial charge is 0.316 e. The van der Waals surface area contributed by atoms with Gasteiger partial charge in [0.2, 0.25) is 0 Å². The Morgan fingerprint density at radius 3 is 2.35 bits per heavy atom. The highest BCUT2D eigenvalue weighted by Gasteiger charge is 2.41. The molecule has 2 rings (SSSR count). The van der Waals surface area contributed by atoms with E-state index >= 15 is 0 Å². The van der Waals surface area contributed by atoms with Crippen LogP contribution in [0.1, 0.15) is 24.0 Å². The molecule has 0 fully saturated rings. The summed E-state index contributed by atoms with van der Waals surface area (Å²) in [5, 5.41) is 9.01. The third-order valence-corrected chi connectivity index (χ3v) is 3.36. The molecule has 0 spiro atoms. The zero-order chi connectivity index (χ0) is 12.3. The second kappa shape index (κ2) is 4.72. The molecule has 0 saturated carbocycles. The fourth-order valence-electron chi connectivity index (χ4n) is 2.30. The molecule has 1 aliphatic carbocycles. The highest BCUT2D eigenvalue weighted by molar-refractivity contribution is 5.84. The maximum atomic E-state index is 12.0. The van der Waals surface area contributed by atoms with Gasteiger partial charge in [-0.2, -0.15) is 0 Å². The molecule has 0 unspecified atom stereocenters. The summed E-state index contributed by atoms with van der Waals surface area (Å²) >= 11 is 0. The summed E-state index contributed by atoms with van der Waals surface area (Å²) < 4.78 is 4.92. The van der Waals surface area contributed by atoms with Crippen molar-refractivity contribution in [2.45, 2.75) is 24.9 Å². The molecule has 1 aromatic rings. The van der Waals surface area contributed by atoms with Gasteiger partial charge in [-0.25, -0.2) is 0 Å². The second-order valence-electron chi connectivity index (χ2n) is 4.31. The van der Waals surface area contributed by atoms with Crippen LogP contribution in [0.15, 0.2) is 36.4 Å². The Hall–Kier alpha value is -1.61. The average molecular weight is 232 g/mol. The minimum atomic E-state index is -0.567. The Kier molecular flexibility index (Phi) is 3.29. The number of ether oxygens (including phenoxy) is 1. The number of hydrogen-bond acceptors (Lipinski definition) is 3. The van der Waals surface area contributed by atoms with Crippen LogP contribution in [0.2, 0.25) is 0 Å². The van der Waals surface area contributed by atoms with Gasteiger partial charge in [-0.05, 0) is 24.0 Å². The molecule has 1 aromatic carbocycles. The first-order valence-electron chi connectivity index (χ1n) is 5.66. The van der Waals surface area contributed by atoms with Crippen LogP contribution in [0.3, 0.4) is 0 Å². The number of aliphatic hydroxyl groups is 1. The molecule has 0 heterocycles. The van der Waals surface area contributed by atoms with Crippen molar-refractivity contribution in [3.8, 4) is 0 Å². The van der Waals surface area contributed by atoms with Gasteiger partial charge in [0.1, 0.15) is 0 Å². The SMILES string of the molecule is COC(=O)C1(c2ccc(CO)cc2)CC=CC1. The van der Waals surface area contributed by atoms with Crippen molar-refractivity contribution in [3.63, 3.8) is 0 Å². The number of rotatable bonds is 3. The van der Waals surface area contributed by atoms with E-state index in [0.29, 0.717) is 12.8 Å². The Bertz CT molecular complexity index is 423. The van der Waals surface area contributed by atoms with Crippen LogP contribution < -0.4 is 0 Å². The number of benzene rings is 1. The number of esters is 1. The van der Waals surface area contributed by atoms with Crippen molar-refractivity contribution in [2.24, 2.45) is 0 Å². The first-order chi connectivity index (χ1) is 8.23. The van der Waals surface area contributed by atoms with Crippen molar-refractivity contribution in [1.29, 1.82) is 0 Å². The second-order valence-corrected chi connectivity index (χ2v) is 4.31. The molecule has 0 aliphatic heterocycles. The number of hydrogen-bond donors (Lipinski definition) is 1. The summed E-state index contributed by atoms with van der Waals surface area (Å²) in [5.41, 5.74) is 1.23. The van der Waals surface area contributed by atoms with Crippen LogP contribution in [0, 0.1) is 0 Å². The fraction of sp³-hybridized carbons (Fsp3) is 0.357. The highest BCUT2D eigenvalue weighted by Crippen LogP contribution is 2.38. The number of allylic oxidation sites excluding steroid dienone is 2. The number of carbonyl (C=O) groups excluding carboxylic acids is 1. The average Bonchev–Trinajstić information content (AvgIpc) is 2.88. The normalized spacial score (nSPS) is 17.1. The zero-order valence-electron chi connectivity index (χ0n) is 9.85. The van der Waals surface area contributed by atoms with E-state index in [1.807, 2.05) is 36.4 Å². The molecule has 0 amide bonds. The van der Waals surface area contributed by atoms with Gasteiger partial charge < -0.3 is 9.84 Å². The summed E-state index contributed by atoms with van der Waals surface area (Å²) in [6.45, 7) is 0.0176.